The SMILES string of the molecule is Cc1ccc(CNc2ccc([N+](=O)[O-])cc2N)o1. The van der Waals surface area contributed by atoms with Gasteiger partial charge in [0.05, 0.1) is 22.8 Å². The second kappa shape index (κ2) is 4.79. The molecule has 0 atom stereocenters. The van der Waals surface area contributed by atoms with E-state index in [1.165, 1.54) is 12.1 Å². The molecule has 0 radical (unpaired) electrons. The number of rotatable bonds is 4. The Morgan fingerprint density at radius 2 is 2.17 bits per heavy atom. The highest BCUT2D eigenvalue weighted by molar-refractivity contribution is 5.69. The first-order valence-corrected chi connectivity index (χ1v) is 5.39. The van der Waals surface area contributed by atoms with E-state index < -0.39 is 4.92 Å². The Hall–Kier alpha value is -2.50. The molecule has 0 fully saturated rings. The molecule has 18 heavy (non-hydrogen) atoms. The molecular weight excluding hydrogens is 234 g/mol. The van der Waals surface area contributed by atoms with E-state index in [1.54, 1.807) is 6.07 Å². The Bertz CT molecular complexity index is 578. The van der Waals surface area contributed by atoms with Crippen molar-refractivity contribution in [3.05, 3.63) is 52.0 Å². The number of nitro benzene ring substituents is 1. The van der Waals surface area contributed by atoms with E-state index in [1.807, 2.05) is 19.1 Å². The minimum absolute atomic E-state index is 0.0214. The zero-order valence-corrected chi connectivity index (χ0v) is 9.84. The van der Waals surface area contributed by atoms with Gasteiger partial charge >= 0.3 is 0 Å². The molecule has 0 aliphatic carbocycles. The number of aryl methyl sites for hydroxylation is 1. The highest BCUT2D eigenvalue weighted by Crippen LogP contribution is 2.24. The summed E-state index contributed by atoms with van der Waals surface area (Å²) < 4.78 is 5.40. The van der Waals surface area contributed by atoms with Crippen LogP contribution in [0.3, 0.4) is 0 Å². The molecule has 1 heterocycles. The summed E-state index contributed by atoms with van der Waals surface area (Å²) in [5.41, 5.74) is 6.70. The lowest BCUT2D eigenvalue weighted by atomic mass is 10.2. The van der Waals surface area contributed by atoms with E-state index in [0.29, 0.717) is 17.9 Å². The van der Waals surface area contributed by atoms with Crippen LogP contribution >= 0.6 is 0 Å². The number of hydrogen-bond donors (Lipinski definition) is 2. The monoisotopic (exact) mass is 247 g/mol. The molecule has 0 aliphatic heterocycles. The quantitative estimate of drug-likeness (QED) is 0.492. The maximum Gasteiger partial charge on any atom is 0.271 e. The van der Waals surface area contributed by atoms with Crippen molar-refractivity contribution in [2.24, 2.45) is 0 Å². The van der Waals surface area contributed by atoms with Crippen molar-refractivity contribution in [3.8, 4) is 0 Å². The molecule has 0 saturated carbocycles. The Morgan fingerprint density at radius 1 is 1.39 bits per heavy atom. The third kappa shape index (κ3) is 2.60. The van der Waals surface area contributed by atoms with Gasteiger partial charge in [0.1, 0.15) is 11.5 Å². The summed E-state index contributed by atoms with van der Waals surface area (Å²) in [5, 5.41) is 13.6. The van der Waals surface area contributed by atoms with Gasteiger partial charge in [0.15, 0.2) is 0 Å². The normalized spacial score (nSPS) is 10.3. The minimum Gasteiger partial charge on any atom is -0.465 e. The number of benzene rings is 1. The van der Waals surface area contributed by atoms with Crippen molar-refractivity contribution < 1.29 is 9.34 Å². The summed E-state index contributed by atoms with van der Waals surface area (Å²) in [6, 6.07) is 8.06. The fraction of sp³-hybridized carbons (Fsp3) is 0.167. The number of nitrogen functional groups attached to an aromatic ring is 1. The van der Waals surface area contributed by atoms with Gasteiger partial charge in [-0.2, -0.15) is 0 Å². The molecule has 0 amide bonds. The summed E-state index contributed by atoms with van der Waals surface area (Å²) in [5.74, 6) is 1.62. The van der Waals surface area contributed by atoms with E-state index in [2.05, 4.69) is 5.32 Å². The predicted octanol–water partition coefficient (Wildman–Crippen LogP) is 2.69. The largest absolute Gasteiger partial charge is 0.465 e. The smallest absolute Gasteiger partial charge is 0.271 e. The first-order valence-electron chi connectivity index (χ1n) is 5.39. The first kappa shape index (κ1) is 12.0. The van der Waals surface area contributed by atoms with Crippen LogP contribution in [0.5, 0.6) is 0 Å². The first-order chi connectivity index (χ1) is 8.56. The highest BCUT2D eigenvalue weighted by atomic mass is 16.6. The van der Waals surface area contributed by atoms with Gasteiger partial charge in [-0.25, -0.2) is 0 Å². The van der Waals surface area contributed by atoms with Crippen molar-refractivity contribution in [3.63, 3.8) is 0 Å². The fourth-order valence-electron chi connectivity index (χ4n) is 1.59. The molecule has 0 spiro atoms. The molecule has 1 aromatic carbocycles. The molecule has 0 unspecified atom stereocenters. The number of furan rings is 1. The van der Waals surface area contributed by atoms with Crippen molar-refractivity contribution in [1.29, 1.82) is 0 Å². The average molecular weight is 247 g/mol. The molecule has 3 N–H and O–H groups in total. The molecule has 0 saturated heterocycles. The van der Waals surface area contributed by atoms with Crippen LogP contribution in [0.15, 0.2) is 34.7 Å². The van der Waals surface area contributed by atoms with E-state index in [4.69, 9.17) is 10.2 Å². The van der Waals surface area contributed by atoms with Crippen molar-refractivity contribution in [1.82, 2.24) is 0 Å². The Kier molecular flexibility index (Phi) is 3.18. The molecule has 94 valence electrons. The number of anilines is 2. The molecule has 0 bridgehead atoms. The van der Waals surface area contributed by atoms with Crippen LogP contribution in [-0.4, -0.2) is 4.92 Å². The second-order valence-electron chi connectivity index (χ2n) is 3.89. The van der Waals surface area contributed by atoms with Crippen LogP contribution in [0.4, 0.5) is 17.1 Å². The minimum atomic E-state index is -0.476. The highest BCUT2D eigenvalue weighted by Gasteiger charge is 2.08. The molecule has 6 nitrogen and oxygen atoms in total. The summed E-state index contributed by atoms with van der Waals surface area (Å²) >= 11 is 0. The number of hydrogen-bond acceptors (Lipinski definition) is 5. The molecule has 0 aliphatic rings. The lowest BCUT2D eigenvalue weighted by molar-refractivity contribution is -0.384. The van der Waals surface area contributed by atoms with Crippen LogP contribution in [0.1, 0.15) is 11.5 Å². The lowest BCUT2D eigenvalue weighted by Crippen LogP contribution is -2.02. The van der Waals surface area contributed by atoms with Gasteiger partial charge < -0.3 is 15.5 Å². The summed E-state index contributed by atoms with van der Waals surface area (Å²) in [4.78, 5) is 10.1. The predicted molar refractivity (Wildman–Crippen MR) is 68.3 cm³/mol. The zero-order chi connectivity index (χ0) is 13.1. The van der Waals surface area contributed by atoms with Gasteiger partial charge in [0.2, 0.25) is 0 Å². The zero-order valence-electron chi connectivity index (χ0n) is 9.84. The van der Waals surface area contributed by atoms with Crippen LogP contribution in [0.2, 0.25) is 0 Å². The van der Waals surface area contributed by atoms with E-state index in [0.717, 1.165) is 11.5 Å². The number of nitrogens with one attached hydrogen (secondary N) is 1. The number of nitrogens with two attached hydrogens (primary N) is 1. The third-order valence-electron chi connectivity index (χ3n) is 2.50. The molecule has 2 aromatic rings. The van der Waals surface area contributed by atoms with Gasteiger partial charge in [-0.05, 0) is 25.1 Å². The van der Waals surface area contributed by atoms with Crippen LogP contribution in [0.25, 0.3) is 0 Å². The Labute approximate surface area is 104 Å². The third-order valence-corrected chi connectivity index (χ3v) is 2.50. The van der Waals surface area contributed by atoms with Gasteiger partial charge in [0.25, 0.3) is 5.69 Å². The second-order valence-corrected chi connectivity index (χ2v) is 3.89. The molecule has 1 aromatic heterocycles. The topological polar surface area (TPSA) is 94.3 Å². The van der Waals surface area contributed by atoms with Crippen LogP contribution in [-0.2, 0) is 6.54 Å². The van der Waals surface area contributed by atoms with Crippen molar-refractivity contribution >= 4 is 17.1 Å². The van der Waals surface area contributed by atoms with Gasteiger partial charge in [-0.1, -0.05) is 0 Å². The molecule has 6 heteroatoms. The Morgan fingerprint density at radius 3 is 2.72 bits per heavy atom. The number of non-ortho nitro benzene ring substituents is 1. The van der Waals surface area contributed by atoms with Crippen molar-refractivity contribution in [2.45, 2.75) is 13.5 Å². The van der Waals surface area contributed by atoms with E-state index >= 15 is 0 Å². The van der Waals surface area contributed by atoms with E-state index in [9.17, 15) is 10.1 Å². The van der Waals surface area contributed by atoms with Gasteiger partial charge in [-0.3, -0.25) is 10.1 Å². The maximum atomic E-state index is 10.6. The number of nitrogens with zero attached hydrogens (tertiary/aromatic N) is 1. The molecule has 2 rings (SSSR count). The van der Waals surface area contributed by atoms with Crippen molar-refractivity contribution in [2.75, 3.05) is 11.1 Å². The summed E-state index contributed by atoms with van der Waals surface area (Å²) in [6.07, 6.45) is 0. The standard InChI is InChI=1S/C12H13N3O3/c1-8-2-4-10(18-8)7-14-12-5-3-9(15(16)17)6-11(12)13/h2-6,14H,7,13H2,1H3. The van der Waals surface area contributed by atoms with Gasteiger partial charge in [-0.15, -0.1) is 0 Å². The summed E-state index contributed by atoms with van der Waals surface area (Å²) in [6.45, 7) is 2.35. The van der Waals surface area contributed by atoms with Crippen LogP contribution in [0, 0.1) is 17.0 Å². The van der Waals surface area contributed by atoms with E-state index in [-0.39, 0.29) is 5.69 Å². The lowest BCUT2D eigenvalue weighted by Gasteiger charge is -2.07. The molecular formula is C12H13N3O3. The number of nitro groups is 1. The maximum absolute atomic E-state index is 10.6. The van der Waals surface area contributed by atoms with Crippen LogP contribution < -0.4 is 11.1 Å². The fourth-order valence-corrected chi connectivity index (χ4v) is 1.59. The Balaban J connectivity index is 2.08. The summed E-state index contributed by atoms with van der Waals surface area (Å²) in [7, 11) is 0. The average Bonchev–Trinajstić information content (AvgIpc) is 2.73. The van der Waals surface area contributed by atoms with Gasteiger partial charge in [0, 0.05) is 12.1 Å².